The summed E-state index contributed by atoms with van der Waals surface area (Å²) in [7, 11) is -4.60. The van der Waals surface area contributed by atoms with Gasteiger partial charge in [-0.25, -0.2) is 9.36 Å². The monoisotopic (exact) mass is 466 g/mol. The molecule has 1 aliphatic carbocycles. The summed E-state index contributed by atoms with van der Waals surface area (Å²) in [4.78, 5) is 41.7. The molecular formula is C20H23N2O7PS. The van der Waals surface area contributed by atoms with Crippen molar-refractivity contribution in [2.45, 2.75) is 12.0 Å². The lowest BCUT2D eigenvalue weighted by Gasteiger charge is -2.18. The van der Waals surface area contributed by atoms with Gasteiger partial charge in [0.1, 0.15) is 12.6 Å². The van der Waals surface area contributed by atoms with Gasteiger partial charge in [-0.05, 0) is 22.3 Å². The van der Waals surface area contributed by atoms with E-state index >= 15 is 0 Å². The van der Waals surface area contributed by atoms with Crippen LogP contribution in [-0.4, -0.2) is 53.3 Å². The number of ether oxygens (including phenoxy) is 1. The van der Waals surface area contributed by atoms with E-state index in [0.29, 0.717) is 0 Å². The Morgan fingerprint density at radius 3 is 2.19 bits per heavy atom. The number of phosphoric acid groups is 1. The fraction of sp³-hybridized carbons (Fsp3) is 0.300. The van der Waals surface area contributed by atoms with Crippen LogP contribution >= 0.6 is 20.5 Å². The molecule has 0 saturated carbocycles. The third-order valence-corrected chi connectivity index (χ3v) is 5.68. The van der Waals surface area contributed by atoms with Crippen LogP contribution in [0.2, 0.25) is 0 Å². The van der Waals surface area contributed by atoms with E-state index in [-0.39, 0.29) is 31.4 Å². The zero-order chi connectivity index (χ0) is 22.4. The van der Waals surface area contributed by atoms with E-state index < -0.39 is 25.9 Å². The van der Waals surface area contributed by atoms with Gasteiger partial charge in [0, 0.05) is 18.2 Å². The molecule has 2 aromatic rings. The second-order valence-corrected chi connectivity index (χ2v) is 8.42. The van der Waals surface area contributed by atoms with Gasteiger partial charge in [0.2, 0.25) is 5.91 Å². The van der Waals surface area contributed by atoms with E-state index in [1.165, 1.54) is 0 Å². The highest BCUT2D eigenvalue weighted by molar-refractivity contribution is 7.80. The number of carbonyl (C=O) groups is 2. The predicted molar refractivity (Wildman–Crippen MR) is 117 cm³/mol. The van der Waals surface area contributed by atoms with Crippen molar-refractivity contribution in [2.75, 3.05) is 25.5 Å². The summed E-state index contributed by atoms with van der Waals surface area (Å²) in [6, 6.07) is 14.9. The van der Waals surface area contributed by atoms with Gasteiger partial charge in [-0.1, -0.05) is 48.5 Å². The molecule has 1 aliphatic rings. The Bertz CT molecular complexity index is 951. The minimum Gasteiger partial charge on any atom is -0.449 e. The minimum absolute atomic E-state index is 0.00930. The molecule has 3 rings (SSSR count). The molecule has 0 bridgehead atoms. The predicted octanol–water partition coefficient (Wildman–Crippen LogP) is 2.05. The molecule has 11 heteroatoms. The topological polar surface area (TPSA) is 134 Å². The van der Waals surface area contributed by atoms with Crippen LogP contribution in [0.25, 0.3) is 11.1 Å². The smallest absolute Gasteiger partial charge is 0.449 e. The number of phosphoric ester groups is 1. The van der Waals surface area contributed by atoms with Crippen LogP contribution in [0, 0.1) is 0 Å². The van der Waals surface area contributed by atoms with Crippen LogP contribution in [0.1, 0.15) is 17.0 Å². The van der Waals surface area contributed by atoms with Gasteiger partial charge in [0.25, 0.3) is 0 Å². The number of alkyl carbamates (subject to hydrolysis) is 1. The highest BCUT2D eigenvalue weighted by atomic mass is 32.1. The quantitative estimate of drug-likeness (QED) is 0.217. The van der Waals surface area contributed by atoms with E-state index in [4.69, 9.17) is 14.5 Å². The number of nitrogens with one attached hydrogen (secondary N) is 2. The molecule has 4 N–H and O–H groups in total. The average Bonchev–Trinajstić information content (AvgIpc) is 3.06. The molecule has 2 aromatic carbocycles. The van der Waals surface area contributed by atoms with Gasteiger partial charge in [0.15, 0.2) is 0 Å². The summed E-state index contributed by atoms with van der Waals surface area (Å²) in [5.74, 6) is -0.668. The maximum absolute atomic E-state index is 12.3. The number of hydrogen-bond donors (Lipinski definition) is 5. The molecule has 1 atom stereocenters. The zero-order valence-electron chi connectivity index (χ0n) is 16.4. The highest BCUT2D eigenvalue weighted by Gasteiger charge is 2.29. The van der Waals surface area contributed by atoms with E-state index in [9.17, 15) is 14.2 Å². The Labute approximate surface area is 184 Å². The van der Waals surface area contributed by atoms with Gasteiger partial charge in [-0.2, -0.15) is 12.6 Å². The van der Waals surface area contributed by atoms with E-state index in [1.807, 2.05) is 48.5 Å². The van der Waals surface area contributed by atoms with E-state index in [2.05, 4.69) is 27.8 Å². The molecule has 2 amide bonds. The van der Waals surface area contributed by atoms with Crippen LogP contribution < -0.4 is 10.6 Å². The number of benzene rings is 2. The van der Waals surface area contributed by atoms with Crippen LogP contribution in [0.5, 0.6) is 0 Å². The second kappa shape index (κ2) is 10.3. The number of fused-ring (bicyclic) bond motifs is 3. The highest BCUT2D eigenvalue weighted by Crippen LogP contribution is 2.44. The lowest BCUT2D eigenvalue weighted by atomic mass is 9.98. The molecule has 0 aliphatic heterocycles. The largest absolute Gasteiger partial charge is 0.469 e. The van der Waals surface area contributed by atoms with Crippen molar-refractivity contribution in [3.05, 3.63) is 59.7 Å². The molecule has 0 aromatic heterocycles. The Hall–Kier alpha value is -2.36. The number of hydrogen-bond acceptors (Lipinski definition) is 6. The maximum atomic E-state index is 12.3. The van der Waals surface area contributed by atoms with Gasteiger partial charge in [-0.3, -0.25) is 9.32 Å². The van der Waals surface area contributed by atoms with Crippen molar-refractivity contribution in [1.82, 2.24) is 10.6 Å². The maximum Gasteiger partial charge on any atom is 0.469 e. The molecule has 166 valence electrons. The summed E-state index contributed by atoms with van der Waals surface area (Å²) in [6.07, 6.45) is -0.762. The summed E-state index contributed by atoms with van der Waals surface area (Å²) in [6.45, 7) is -0.405. The van der Waals surface area contributed by atoms with Crippen LogP contribution in [-0.2, 0) is 18.6 Å². The molecule has 31 heavy (non-hydrogen) atoms. The van der Waals surface area contributed by atoms with Crippen molar-refractivity contribution in [2.24, 2.45) is 0 Å². The third kappa shape index (κ3) is 6.09. The summed E-state index contributed by atoms with van der Waals surface area (Å²) in [5.41, 5.74) is 4.37. The first-order chi connectivity index (χ1) is 14.8. The fourth-order valence-corrected chi connectivity index (χ4v) is 4.02. The lowest BCUT2D eigenvalue weighted by Crippen LogP contribution is -2.48. The Morgan fingerprint density at radius 2 is 1.65 bits per heavy atom. The molecule has 0 heterocycles. The fourth-order valence-electron chi connectivity index (χ4n) is 3.44. The van der Waals surface area contributed by atoms with Crippen molar-refractivity contribution >= 4 is 32.5 Å². The third-order valence-electron chi connectivity index (χ3n) is 4.80. The average molecular weight is 466 g/mol. The van der Waals surface area contributed by atoms with E-state index in [0.717, 1.165) is 22.3 Å². The number of thiol groups is 1. The molecule has 0 radical (unpaired) electrons. The van der Waals surface area contributed by atoms with Gasteiger partial charge in [-0.15, -0.1) is 0 Å². The molecule has 0 saturated heterocycles. The first-order valence-electron chi connectivity index (χ1n) is 9.50. The number of rotatable bonds is 9. The van der Waals surface area contributed by atoms with Crippen molar-refractivity contribution in [1.29, 1.82) is 0 Å². The zero-order valence-corrected chi connectivity index (χ0v) is 18.2. The Morgan fingerprint density at radius 1 is 1.06 bits per heavy atom. The molecule has 9 nitrogen and oxygen atoms in total. The standard InChI is InChI=1S/C20H23N2O7PS/c23-19(21-9-10-29-30(25,26)27)18(12-31)22-20(24)28-11-17-15-7-3-1-5-13(15)14-6-2-4-8-16(14)17/h1-8,17-18,31H,9-12H2,(H,21,23)(H,22,24)(H2,25,26,27). The summed E-state index contributed by atoms with van der Waals surface area (Å²) in [5, 5.41) is 4.86. The SMILES string of the molecule is O=C(NC(CS)C(=O)NCCOP(=O)(O)O)OCC1c2ccccc2-c2ccccc21. The first-order valence-corrected chi connectivity index (χ1v) is 11.7. The van der Waals surface area contributed by atoms with Crippen LogP contribution in [0.15, 0.2) is 48.5 Å². The van der Waals surface area contributed by atoms with Gasteiger partial charge >= 0.3 is 13.9 Å². The molecule has 0 spiro atoms. The Balaban J connectivity index is 1.53. The minimum atomic E-state index is -4.60. The molecule has 0 fully saturated rings. The van der Waals surface area contributed by atoms with Crippen molar-refractivity contribution < 1.29 is 33.2 Å². The van der Waals surface area contributed by atoms with Gasteiger partial charge in [0.05, 0.1) is 6.61 Å². The Kier molecular flexibility index (Phi) is 7.74. The van der Waals surface area contributed by atoms with Crippen LogP contribution in [0.3, 0.4) is 0 Å². The molecule has 1 unspecified atom stereocenters. The summed E-state index contributed by atoms with van der Waals surface area (Å²) >= 11 is 4.06. The molecular weight excluding hydrogens is 443 g/mol. The second-order valence-electron chi connectivity index (χ2n) is 6.82. The number of amides is 2. The normalized spacial score (nSPS) is 13.8. The number of carbonyl (C=O) groups excluding carboxylic acids is 2. The van der Waals surface area contributed by atoms with Crippen molar-refractivity contribution in [3.8, 4) is 11.1 Å². The van der Waals surface area contributed by atoms with Crippen molar-refractivity contribution in [3.63, 3.8) is 0 Å². The summed E-state index contributed by atoms with van der Waals surface area (Å²) < 4.78 is 20.3. The van der Waals surface area contributed by atoms with Gasteiger partial charge < -0.3 is 25.2 Å². The first kappa shape index (κ1) is 23.3. The van der Waals surface area contributed by atoms with E-state index in [1.54, 1.807) is 0 Å². The lowest BCUT2D eigenvalue weighted by molar-refractivity contribution is -0.122. The van der Waals surface area contributed by atoms with Crippen LogP contribution in [0.4, 0.5) is 4.79 Å².